The SMILES string of the molecule is CCNC(=O)CN(C)C1CC(C)(C)Oc2cc(O)ccc21. The molecule has 2 rings (SSSR count). The van der Waals surface area contributed by atoms with Gasteiger partial charge >= 0.3 is 0 Å². The number of carbonyl (C=O) groups excluding carboxylic acids is 1. The van der Waals surface area contributed by atoms with Crippen LogP contribution in [0.1, 0.15) is 38.8 Å². The van der Waals surface area contributed by atoms with Gasteiger partial charge in [-0.3, -0.25) is 9.69 Å². The summed E-state index contributed by atoms with van der Waals surface area (Å²) in [4.78, 5) is 13.8. The van der Waals surface area contributed by atoms with Crippen LogP contribution in [0.25, 0.3) is 0 Å². The van der Waals surface area contributed by atoms with Gasteiger partial charge in [0.1, 0.15) is 17.1 Å². The van der Waals surface area contributed by atoms with Gasteiger partial charge < -0.3 is 15.2 Å². The van der Waals surface area contributed by atoms with Crippen LogP contribution >= 0.6 is 0 Å². The molecule has 1 amide bonds. The molecule has 0 saturated heterocycles. The van der Waals surface area contributed by atoms with Crippen molar-refractivity contribution in [1.29, 1.82) is 0 Å². The number of benzene rings is 1. The van der Waals surface area contributed by atoms with Crippen LogP contribution < -0.4 is 10.1 Å². The highest BCUT2D eigenvalue weighted by atomic mass is 16.5. The maximum absolute atomic E-state index is 11.8. The Morgan fingerprint density at radius 1 is 1.52 bits per heavy atom. The number of nitrogens with one attached hydrogen (secondary N) is 1. The molecule has 0 bridgehead atoms. The Morgan fingerprint density at radius 3 is 2.90 bits per heavy atom. The molecular weight excluding hydrogens is 268 g/mol. The van der Waals surface area contributed by atoms with E-state index in [-0.39, 0.29) is 23.3 Å². The molecule has 1 aromatic carbocycles. The van der Waals surface area contributed by atoms with Crippen LogP contribution in [0.15, 0.2) is 18.2 Å². The zero-order valence-electron chi connectivity index (χ0n) is 13.1. The van der Waals surface area contributed by atoms with E-state index in [1.807, 2.05) is 38.8 Å². The topological polar surface area (TPSA) is 61.8 Å². The third-order valence-corrected chi connectivity index (χ3v) is 3.73. The van der Waals surface area contributed by atoms with Gasteiger partial charge in [-0.1, -0.05) is 6.07 Å². The number of phenolic OH excluding ortho intramolecular Hbond substituents is 1. The summed E-state index contributed by atoms with van der Waals surface area (Å²) in [7, 11) is 1.94. The third kappa shape index (κ3) is 3.67. The molecule has 1 atom stereocenters. The predicted molar refractivity (Wildman–Crippen MR) is 81.5 cm³/mol. The molecule has 0 aromatic heterocycles. The zero-order valence-corrected chi connectivity index (χ0v) is 13.1. The number of ether oxygens (including phenoxy) is 1. The van der Waals surface area contributed by atoms with Crippen molar-refractivity contribution in [2.24, 2.45) is 0 Å². The maximum atomic E-state index is 11.8. The number of likely N-dealkylation sites (N-methyl/N-ethyl adjacent to an activating group) is 2. The number of carbonyl (C=O) groups is 1. The molecular formula is C16H24N2O3. The molecule has 1 aliphatic heterocycles. The fourth-order valence-corrected chi connectivity index (χ4v) is 2.78. The van der Waals surface area contributed by atoms with Gasteiger partial charge in [0.15, 0.2) is 0 Å². The molecule has 116 valence electrons. The second-order valence-electron chi connectivity index (χ2n) is 6.17. The smallest absolute Gasteiger partial charge is 0.234 e. The molecule has 0 fully saturated rings. The Kier molecular flexibility index (Phi) is 4.42. The lowest BCUT2D eigenvalue weighted by molar-refractivity contribution is -0.122. The third-order valence-electron chi connectivity index (χ3n) is 3.73. The molecule has 1 aromatic rings. The van der Waals surface area contributed by atoms with Gasteiger partial charge in [-0.15, -0.1) is 0 Å². The minimum absolute atomic E-state index is 0.0182. The number of aromatic hydroxyl groups is 1. The fourth-order valence-electron chi connectivity index (χ4n) is 2.78. The van der Waals surface area contributed by atoms with Crippen molar-refractivity contribution in [3.8, 4) is 11.5 Å². The van der Waals surface area contributed by atoms with E-state index in [4.69, 9.17) is 4.74 Å². The van der Waals surface area contributed by atoms with Gasteiger partial charge in [0.2, 0.25) is 5.91 Å². The average Bonchev–Trinajstić information content (AvgIpc) is 2.36. The Hall–Kier alpha value is -1.75. The number of fused-ring (bicyclic) bond motifs is 1. The first-order valence-electron chi connectivity index (χ1n) is 7.31. The Morgan fingerprint density at radius 2 is 2.24 bits per heavy atom. The Balaban J connectivity index is 2.25. The first kappa shape index (κ1) is 15.6. The molecule has 1 heterocycles. The number of amides is 1. The molecule has 1 unspecified atom stereocenters. The van der Waals surface area contributed by atoms with Crippen LogP contribution in [0, 0.1) is 0 Å². The first-order chi connectivity index (χ1) is 9.82. The summed E-state index contributed by atoms with van der Waals surface area (Å²) in [5, 5.41) is 12.5. The van der Waals surface area contributed by atoms with Crippen molar-refractivity contribution >= 4 is 5.91 Å². The van der Waals surface area contributed by atoms with Gasteiger partial charge in [-0.2, -0.15) is 0 Å². The Labute approximate surface area is 125 Å². The van der Waals surface area contributed by atoms with Crippen LogP contribution in [-0.4, -0.2) is 41.7 Å². The number of nitrogens with zero attached hydrogens (tertiary/aromatic N) is 1. The monoisotopic (exact) mass is 292 g/mol. The molecule has 5 heteroatoms. The molecule has 0 spiro atoms. The summed E-state index contributed by atoms with van der Waals surface area (Å²) in [5.41, 5.74) is 0.681. The van der Waals surface area contributed by atoms with Gasteiger partial charge in [0, 0.05) is 30.6 Å². The van der Waals surface area contributed by atoms with Gasteiger partial charge in [0.25, 0.3) is 0 Å². The molecule has 0 aliphatic carbocycles. The van der Waals surface area contributed by atoms with E-state index in [0.29, 0.717) is 18.8 Å². The van der Waals surface area contributed by atoms with E-state index in [1.165, 1.54) is 0 Å². The highest BCUT2D eigenvalue weighted by Gasteiger charge is 2.36. The zero-order chi connectivity index (χ0) is 15.6. The lowest BCUT2D eigenvalue weighted by atomic mass is 9.88. The molecule has 2 N–H and O–H groups in total. The summed E-state index contributed by atoms with van der Waals surface area (Å²) in [6.07, 6.45) is 0.792. The molecule has 1 aliphatic rings. The highest BCUT2D eigenvalue weighted by Crippen LogP contribution is 2.43. The van der Waals surface area contributed by atoms with Crippen molar-refractivity contribution in [2.45, 2.75) is 38.8 Å². The van der Waals surface area contributed by atoms with Gasteiger partial charge in [0.05, 0.1) is 6.54 Å². The van der Waals surface area contributed by atoms with Crippen molar-refractivity contribution in [1.82, 2.24) is 10.2 Å². The van der Waals surface area contributed by atoms with Crippen LogP contribution in [0.5, 0.6) is 11.5 Å². The van der Waals surface area contributed by atoms with Crippen LogP contribution in [0.2, 0.25) is 0 Å². The maximum Gasteiger partial charge on any atom is 0.234 e. The largest absolute Gasteiger partial charge is 0.508 e. The average molecular weight is 292 g/mol. The van der Waals surface area contributed by atoms with Crippen molar-refractivity contribution in [3.63, 3.8) is 0 Å². The molecule has 21 heavy (non-hydrogen) atoms. The van der Waals surface area contributed by atoms with Crippen LogP contribution in [-0.2, 0) is 4.79 Å². The predicted octanol–water partition coefficient (Wildman–Crippen LogP) is 2.06. The summed E-state index contributed by atoms with van der Waals surface area (Å²) < 4.78 is 5.95. The van der Waals surface area contributed by atoms with E-state index in [2.05, 4.69) is 5.32 Å². The number of hydrogen-bond acceptors (Lipinski definition) is 4. The quantitative estimate of drug-likeness (QED) is 0.892. The van der Waals surface area contributed by atoms with E-state index in [1.54, 1.807) is 12.1 Å². The standard InChI is InChI=1S/C16H24N2O3/c1-5-17-15(20)10-18(4)13-9-16(2,3)21-14-8-11(19)6-7-12(13)14/h6-8,13,19H,5,9-10H2,1-4H3,(H,17,20). The fraction of sp³-hybridized carbons (Fsp3) is 0.562. The van der Waals surface area contributed by atoms with E-state index >= 15 is 0 Å². The summed E-state index contributed by atoms with van der Waals surface area (Å²) in [5.74, 6) is 0.903. The van der Waals surface area contributed by atoms with E-state index < -0.39 is 0 Å². The normalized spacial score (nSPS) is 19.8. The minimum atomic E-state index is -0.332. The van der Waals surface area contributed by atoms with Crippen molar-refractivity contribution in [2.75, 3.05) is 20.1 Å². The van der Waals surface area contributed by atoms with Gasteiger partial charge in [-0.25, -0.2) is 0 Å². The Bertz CT molecular complexity index is 528. The van der Waals surface area contributed by atoms with Crippen LogP contribution in [0.4, 0.5) is 0 Å². The van der Waals surface area contributed by atoms with E-state index in [0.717, 1.165) is 12.0 Å². The van der Waals surface area contributed by atoms with Crippen molar-refractivity contribution < 1.29 is 14.6 Å². The number of rotatable bonds is 4. The number of hydrogen-bond donors (Lipinski definition) is 2. The first-order valence-corrected chi connectivity index (χ1v) is 7.31. The lowest BCUT2D eigenvalue weighted by Crippen LogP contribution is -2.43. The summed E-state index contributed by atoms with van der Waals surface area (Å²) in [6, 6.07) is 5.27. The molecule has 0 saturated carbocycles. The summed E-state index contributed by atoms with van der Waals surface area (Å²) in [6.45, 7) is 6.93. The molecule has 5 nitrogen and oxygen atoms in total. The van der Waals surface area contributed by atoms with Crippen LogP contribution in [0.3, 0.4) is 0 Å². The second kappa shape index (κ2) is 5.93. The van der Waals surface area contributed by atoms with Crippen molar-refractivity contribution in [3.05, 3.63) is 23.8 Å². The number of phenols is 1. The highest BCUT2D eigenvalue weighted by molar-refractivity contribution is 5.78. The lowest BCUT2D eigenvalue weighted by Gasteiger charge is -2.41. The molecule has 0 radical (unpaired) electrons. The summed E-state index contributed by atoms with van der Waals surface area (Å²) >= 11 is 0. The van der Waals surface area contributed by atoms with E-state index in [9.17, 15) is 9.90 Å². The van der Waals surface area contributed by atoms with Gasteiger partial charge in [-0.05, 0) is 33.9 Å². The second-order valence-corrected chi connectivity index (χ2v) is 6.17. The minimum Gasteiger partial charge on any atom is -0.508 e.